The highest BCUT2D eigenvalue weighted by atomic mass is 32.2. The second-order valence-corrected chi connectivity index (χ2v) is 46.1. The van der Waals surface area contributed by atoms with E-state index in [2.05, 4.69) is 176 Å². The van der Waals surface area contributed by atoms with E-state index in [0.29, 0.717) is 194 Å². The Balaban J connectivity index is 1.37. The maximum Gasteiger partial charge on any atom is 0.243 e. The first-order valence-corrected chi connectivity index (χ1v) is 58.1. The third-order valence-electron chi connectivity index (χ3n) is 34.6. The van der Waals surface area contributed by atoms with Gasteiger partial charge in [0, 0.05) is 44.3 Å². The molecule has 0 saturated carbocycles. The van der Waals surface area contributed by atoms with Gasteiger partial charge in [0.25, 0.3) is 0 Å². The van der Waals surface area contributed by atoms with Crippen LogP contribution in [0.5, 0.6) is 0 Å². The highest BCUT2D eigenvalue weighted by molar-refractivity contribution is 7.90. The molecule has 0 amide bonds. The molecule has 0 radical (unpaired) electrons. The molecule has 0 fully saturated rings. The molecule has 0 aliphatic carbocycles. The molecule has 136 heavy (non-hydrogen) atoms. The van der Waals surface area contributed by atoms with Gasteiger partial charge in [-0.3, -0.25) is 0 Å². The number of hydrogen-bond donors (Lipinski definition) is 2. The molecular formula is C108H178N16O8S4+8. The van der Waals surface area contributed by atoms with Crippen LogP contribution in [0.2, 0.25) is 0 Å². The van der Waals surface area contributed by atoms with Crippen molar-refractivity contribution in [3.8, 4) is 44.5 Å². The number of nitrogens with zero attached hydrogens (tertiary/aromatic N) is 14. The highest BCUT2D eigenvalue weighted by Gasteiger charge is 2.39. The summed E-state index contributed by atoms with van der Waals surface area (Å²) >= 11 is 0. The van der Waals surface area contributed by atoms with Gasteiger partial charge in [0.2, 0.25) is 40.1 Å². The quantitative estimate of drug-likeness (QED) is 0.0345. The van der Waals surface area contributed by atoms with Crippen molar-refractivity contribution >= 4 is 86.5 Å². The van der Waals surface area contributed by atoms with Gasteiger partial charge in [-0.2, -0.15) is 17.2 Å². The van der Waals surface area contributed by atoms with Gasteiger partial charge >= 0.3 is 0 Å². The van der Waals surface area contributed by atoms with E-state index in [-0.39, 0.29) is 19.6 Å². The Kier molecular flexibility index (Phi) is 40.5. The first kappa shape index (κ1) is 112. The monoisotopic (exact) mass is 1960 g/mol. The van der Waals surface area contributed by atoms with E-state index < -0.39 is 40.1 Å². The Morgan fingerprint density at radius 3 is 0.441 bits per heavy atom. The second kappa shape index (κ2) is 49.0. The third-order valence-corrected chi connectivity index (χ3v) is 42.2. The maximum atomic E-state index is 15.7. The zero-order valence-corrected chi connectivity index (χ0v) is 91.6. The molecule has 4 aromatic carbocycles. The molecule has 3 aromatic heterocycles. The van der Waals surface area contributed by atoms with Crippen molar-refractivity contribution in [2.75, 3.05) is 262 Å². The van der Waals surface area contributed by atoms with Crippen molar-refractivity contribution in [2.45, 2.75) is 186 Å². The normalized spacial score (nSPS) is 13.7. The minimum absolute atomic E-state index is 0.187. The molecule has 24 nitrogen and oxygen atoms in total. The summed E-state index contributed by atoms with van der Waals surface area (Å²) in [6.07, 6.45) is 7.95. The predicted molar refractivity (Wildman–Crippen MR) is 570 cm³/mol. The SMILES string of the molecule is CC[N+](CC)(CC)CCN(CC[N+](CC)(CC)CC)S(=O)(=O)c1ccc(-c2c3nc(c(-c4ccc(S(=O)(=O)N(CC[N+](CC)(CC)CC)CC[N+](CC)(CC)CC)cc4)c4ccc([nH]4)c(-c4ccc(S(=O)(=O)N(CC[N+](CC)(CC)CC)CC[N+](CC)(CC)CC)cc4)c4nc(c(-c5ccc(S(=O)(=O)N(CC[N+](CC)(CC)CC)CC[N+](CC)(CC)CC)cc5)c5ccc2[nH]5)C=C4)C=C3)cc1. The van der Waals surface area contributed by atoms with Gasteiger partial charge < -0.3 is 45.8 Å². The lowest BCUT2D eigenvalue weighted by molar-refractivity contribution is -0.924. The van der Waals surface area contributed by atoms with Crippen LogP contribution in [0.4, 0.5) is 0 Å². The molecule has 8 bridgehead atoms. The second-order valence-electron chi connectivity index (χ2n) is 38.3. The number of quaternary nitrogens is 8. The molecule has 7 aromatic rings. The largest absolute Gasteiger partial charge is 0.354 e. The molecule has 5 heterocycles. The third kappa shape index (κ3) is 24.7. The number of aromatic nitrogens is 4. The highest BCUT2D eigenvalue weighted by Crippen LogP contribution is 2.41. The van der Waals surface area contributed by atoms with Gasteiger partial charge in [0.05, 0.1) is 304 Å². The zero-order valence-electron chi connectivity index (χ0n) is 88.3. The molecule has 2 N–H and O–H groups in total. The van der Waals surface area contributed by atoms with Gasteiger partial charge in [-0.1, -0.05) is 48.5 Å². The Labute approximate surface area is 823 Å². The van der Waals surface area contributed by atoms with Crippen molar-refractivity contribution in [3.63, 3.8) is 0 Å². The number of fused-ring (bicyclic) bond motifs is 8. The maximum absolute atomic E-state index is 15.7. The average molecular weight is 1960 g/mol. The number of aromatic amines is 2. The predicted octanol–water partition coefficient (Wildman–Crippen LogP) is 18.3. The van der Waals surface area contributed by atoms with Crippen LogP contribution in [0.3, 0.4) is 0 Å². The molecular weight excluding hydrogens is 1780 g/mol. The van der Waals surface area contributed by atoms with Gasteiger partial charge in [-0.15, -0.1) is 0 Å². The number of nitrogens with one attached hydrogen (secondary N) is 2. The summed E-state index contributed by atoms with van der Waals surface area (Å²) in [7, 11) is -16.3. The lowest BCUT2D eigenvalue weighted by Crippen LogP contribution is -2.55. The summed E-state index contributed by atoms with van der Waals surface area (Å²) in [6.45, 7) is 82.3. The van der Waals surface area contributed by atoms with Gasteiger partial charge in [-0.05, 0) is 286 Å². The number of sulfonamides is 4. The Hall–Kier alpha value is -7.20. The van der Waals surface area contributed by atoms with Crippen molar-refractivity contribution in [2.24, 2.45) is 0 Å². The number of rotatable bonds is 60. The van der Waals surface area contributed by atoms with Crippen molar-refractivity contribution in [3.05, 3.63) is 144 Å². The summed E-state index contributed by atoms with van der Waals surface area (Å²) < 4.78 is 139. The van der Waals surface area contributed by atoms with Gasteiger partial charge in [-0.25, -0.2) is 43.6 Å². The first-order chi connectivity index (χ1) is 64.9. The fourth-order valence-corrected chi connectivity index (χ4v) is 27.0. The van der Waals surface area contributed by atoms with Crippen LogP contribution in [0.1, 0.15) is 189 Å². The number of H-pyrrole nitrogens is 2. The zero-order chi connectivity index (χ0) is 99.9. The lowest BCUT2D eigenvalue weighted by Gasteiger charge is -2.39. The lowest BCUT2D eigenvalue weighted by atomic mass is 10.0. The minimum atomic E-state index is -4.08. The Bertz CT molecular complexity index is 4870. The molecule has 754 valence electrons. The minimum Gasteiger partial charge on any atom is -0.354 e. The van der Waals surface area contributed by atoms with E-state index in [1.54, 1.807) is 65.8 Å². The molecule has 0 atom stereocenters. The van der Waals surface area contributed by atoms with E-state index in [0.717, 1.165) is 193 Å². The van der Waals surface area contributed by atoms with E-state index in [1.807, 2.05) is 97.1 Å². The number of likely N-dealkylation sites (N-methyl/N-ethyl adjacent to an activating group) is 8. The van der Waals surface area contributed by atoms with Crippen molar-refractivity contribution < 1.29 is 69.5 Å². The molecule has 0 saturated heterocycles. The summed E-state index contributed by atoms with van der Waals surface area (Å²) in [4.78, 5) is 20.0. The molecule has 0 unspecified atom stereocenters. The fraction of sp³-hybridized carbons (Fsp3) is 0.593. The topological polar surface area (TPSA) is 207 Å². The molecule has 2 aliphatic heterocycles. The van der Waals surface area contributed by atoms with Crippen LogP contribution in [0, 0.1) is 0 Å². The van der Waals surface area contributed by atoms with Crippen LogP contribution in [0.15, 0.2) is 141 Å². The van der Waals surface area contributed by atoms with Crippen LogP contribution in [-0.4, -0.2) is 368 Å². The molecule has 0 spiro atoms. The summed E-state index contributed by atoms with van der Waals surface area (Å²) in [6, 6.07) is 37.1. The van der Waals surface area contributed by atoms with Crippen molar-refractivity contribution in [1.82, 2.24) is 37.2 Å². The van der Waals surface area contributed by atoms with E-state index in [9.17, 15) is 0 Å². The van der Waals surface area contributed by atoms with E-state index in [1.165, 1.54) is 0 Å². The Morgan fingerprint density at radius 2 is 0.324 bits per heavy atom. The van der Waals surface area contributed by atoms with Crippen LogP contribution < -0.4 is 0 Å². The molecule has 2 aliphatic rings. The summed E-state index contributed by atoms with van der Waals surface area (Å²) in [5.74, 6) is 0. The van der Waals surface area contributed by atoms with Crippen LogP contribution in [0.25, 0.3) is 90.9 Å². The molecule has 28 heteroatoms. The van der Waals surface area contributed by atoms with E-state index >= 15 is 33.7 Å². The smallest absolute Gasteiger partial charge is 0.243 e. The number of benzene rings is 4. The van der Waals surface area contributed by atoms with Gasteiger partial charge in [0.15, 0.2) is 0 Å². The van der Waals surface area contributed by atoms with Gasteiger partial charge in [0.1, 0.15) is 0 Å². The fourth-order valence-electron chi connectivity index (χ4n) is 21.4. The summed E-state index contributed by atoms with van der Waals surface area (Å²) in [5.41, 5.74) is 10.2. The van der Waals surface area contributed by atoms with Crippen LogP contribution in [-0.2, 0) is 40.1 Å². The summed E-state index contributed by atoms with van der Waals surface area (Å²) in [5, 5.41) is 0. The first-order valence-electron chi connectivity index (χ1n) is 52.3. The Morgan fingerprint density at radius 1 is 0.199 bits per heavy atom. The number of hydrogen-bond acceptors (Lipinski definition) is 10. The standard InChI is InChI=1S/C108H178N16O8S4/c1-25-117(26-2,27-3)81-73-113(74-82-118(28-4,29-5)30-6)133(125,126)93-57-49-89(50-58-93)105-97-65-67-99(109-97)106(90-51-59-94(60-52-90)134(127,128)114(75-83-119(31-7,32-8)33-9)76-84-120(34-10,35-11)36-12)101-69-71-103(111-101)108(92-55-63-96(64-56-92)136(131,132)116(79-87-123(43-19,44-20)45-21)80-88-124(46-22,47-23)48-24)104-72-70-102(112-104)107(100-68-66-98(105)110-100)91-53-61-95(62-54-91)135(129,130)115(77-85-121(37-13,38-14)39-15)78-86-122(40-16,41-17)42-18/h49-72,109,112H,25-48,73-88H2,1-24H3/q+8. The average Bonchev–Trinajstić information content (AvgIpc) is 1.62. The molecule has 9 rings (SSSR count). The van der Waals surface area contributed by atoms with Crippen molar-refractivity contribution in [1.29, 1.82) is 0 Å². The van der Waals surface area contributed by atoms with E-state index in [4.69, 9.17) is 9.97 Å². The van der Waals surface area contributed by atoms with Crippen LogP contribution >= 0.6 is 0 Å².